The molecule has 9 heavy (non-hydrogen) atoms. The number of methoxy groups -OCH3 is 1. The molecule has 0 saturated carbocycles. The molecule has 0 aliphatic carbocycles. The van der Waals surface area contributed by atoms with Gasteiger partial charge in [-0.05, 0) is 6.92 Å². The summed E-state index contributed by atoms with van der Waals surface area (Å²) in [5.74, 6) is 0.523. The van der Waals surface area contributed by atoms with Crippen molar-refractivity contribution in [2.75, 3.05) is 26.9 Å². The lowest BCUT2D eigenvalue weighted by atomic mass is 10.2. The van der Waals surface area contributed by atoms with Gasteiger partial charge in [-0.15, -0.1) is 0 Å². The van der Waals surface area contributed by atoms with Crippen molar-refractivity contribution >= 4 is 0 Å². The van der Waals surface area contributed by atoms with Crippen LogP contribution in [0.2, 0.25) is 0 Å². The highest BCUT2D eigenvalue weighted by Gasteiger charge is 1.98. The molecule has 0 saturated heterocycles. The number of ether oxygens (including phenoxy) is 2. The van der Waals surface area contributed by atoms with Gasteiger partial charge >= 0.3 is 0 Å². The molecule has 0 bridgehead atoms. The largest absolute Gasteiger partial charge is 0.384 e. The Morgan fingerprint density at radius 3 is 2.44 bits per heavy atom. The Hall–Kier alpha value is -0.0800. The molecule has 1 atom stereocenters. The Balaban J connectivity index is 2.95. The predicted molar refractivity (Wildman–Crippen MR) is 37.5 cm³/mol. The summed E-state index contributed by atoms with van der Waals surface area (Å²) in [6.07, 6.45) is 0. The first-order valence-electron chi connectivity index (χ1n) is 3.38. The van der Waals surface area contributed by atoms with Gasteiger partial charge in [-0.25, -0.2) is 0 Å². The molecule has 0 N–H and O–H groups in total. The second kappa shape index (κ2) is 6.05. The van der Waals surface area contributed by atoms with Crippen LogP contribution < -0.4 is 0 Å². The molecule has 56 valence electrons. The van der Waals surface area contributed by atoms with Crippen LogP contribution in [0.15, 0.2) is 0 Å². The topological polar surface area (TPSA) is 18.5 Å². The third-order valence-electron chi connectivity index (χ3n) is 1.06. The van der Waals surface area contributed by atoms with E-state index in [0.29, 0.717) is 5.92 Å². The Morgan fingerprint density at radius 2 is 2.00 bits per heavy atom. The van der Waals surface area contributed by atoms with Crippen LogP contribution in [0.5, 0.6) is 0 Å². The summed E-state index contributed by atoms with van der Waals surface area (Å²) < 4.78 is 10.1. The van der Waals surface area contributed by atoms with Crippen molar-refractivity contribution in [2.24, 2.45) is 5.92 Å². The van der Waals surface area contributed by atoms with Gasteiger partial charge in [0.1, 0.15) is 0 Å². The zero-order valence-corrected chi connectivity index (χ0v) is 6.52. The quantitative estimate of drug-likeness (QED) is 0.561. The highest BCUT2D eigenvalue weighted by atomic mass is 16.5. The zero-order chi connectivity index (χ0) is 7.11. The molecule has 0 aromatic carbocycles. The lowest BCUT2D eigenvalue weighted by Gasteiger charge is -2.08. The summed E-state index contributed by atoms with van der Waals surface area (Å²) in [6, 6.07) is 0. The summed E-state index contributed by atoms with van der Waals surface area (Å²) >= 11 is 0. The molecule has 2 heteroatoms. The minimum atomic E-state index is 0.523. The van der Waals surface area contributed by atoms with Crippen LogP contribution in [0.1, 0.15) is 13.8 Å². The Kier molecular flexibility index (Phi) is 5.99. The molecular formula is C7H16O2. The van der Waals surface area contributed by atoms with E-state index >= 15 is 0 Å². The van der Waals surface area contributed by atoms with Crippen molar-refractivity contribution in [3.8, 4) is 0 Å². The minimum absolute atomic E-state index is 0.523. The van der Waals surface area contributed by atoms with Gasteiger partial charge in [0.05, 0.1) is 13.2 Å². The van der Waals surface area contributed by atoms with Crippen molar-refractivity contribution in [2.45, 2.75) is 13.8 Å². The van der Waals surface area contributed by atoms with E-state index in [0.717, 1.165) is 19.8 Å². The van der Waals surface area contributed by atoms with Crippen LogP contribution in [-0.4, -0.2) is 26.9 Å². The van der Waals surface area contributed by atoms with Crippen LogP contribution in [-0.2, 0) is 9.47 Å². The van der Waals surface area contributed by atoms with Crippen molar-refractivity contribution in [1.82, 2.24) is 0 Å². The van der Waals surface area contributed by atoms with E-state index in [1.54, 1.807) is 7.11 Å². The van der Waals surface area contributed by atoms with Crippen molar-refractivity contribution < 1.29 is 9.47 Å². The molecule has 0 fully saturated rings. The smallest absolute Gasteiger partial charge is 0.0513 e. The molecule has 0 aliphatic heterocycles. The average molecular weight is 132 g/mol. The van der Waals surface area contributed by atoms with Crippen LogP contribution in [0.4, 0.5) is 0 Å². The fourth-order valence-electron chi connectivity index (χ4n) is 0.652. The first kappa shape index (κ1) is 8.92. The summed E-state index contributed by atoms with van der Waals surface area (Å²) in [7, 11) is 1.71. The predicted octanol–water partition coefficient (Wildman–Crippen LogP) is 1.31. The van der Waals surface area contributed by atoms with E-state index in [9.17, 15) is 0 Å². The van der Waals surface area contributed by atoms with Gasteiger partial charge in [0.2, 0.25) is 0 Å². The molecule has 0 heterocycles. The van der Waals surface area contributed by atoms with Crippen molar-refractivity contribution in [1.29, 1.82) is 0 Å². The van der Waals surface area contributed by atoms with E-state index in [4.69, 9.17) is 9.47 Å². The number of rotatable bonds is 5. The van der Waals surface area contributed by atoms with Gasteiger partial charge in [0.15, 0.2) is 0 Å². The molecule has 1 unspecified atom stereocenters. The Labute approximate surface area is 57.2 Å². The lowest BCUT2D eigenvalue weighted by molar-refractivity contribution is 0.0712. The van der Waals surface area contributed by atoms with Crippen LogP contribution in [0.25, 0.3) is 0 Å². The van der Waals surface area contributed by atoms with Gasteiger partial charge in [-0.1, -0.05) is 6.92 Å². The summed E-state index contributed by atoms with van der Waals surface area (Å²) in [5, 5.41) is 0. The maximum absolute atomic E-state index is 5.17. The second-order valence-electron chi connectivity index (χ2n) is 2.22. The molecule has 0 rings (SSSR count). The molecule has 0 aromatic heterocycles. The maximum atomic E-state index is 5.17. The van der Waals surface area contributed by atoms with Gasteiger partial charge in [-0.2, -0.15) is 0 Å². The van der Waals surface area contributed by atoms with E-state index in [1.165, 1.54) is 0 Å². The molecular weight excluding hydrogens is 116 g/mol. The first-order chi connectivity index (χ1) is 4.31. The molecule has 0 amide bonds. The molecule has 0 spiro atoms. The summed E-state index contributed by atoms with van der Waals surface area (Å²) in [5.41, 5.74) is 0. The fourth-order valence-corrected chi connectivity index (χ4v) is 0.652. The number of hydrogen-bond acceptors (Lipinski definition) is 2. The van der Waals surface area contributed by atoms with Crippen LogP contribution in [0.3, 0.4) is 0 Å². The summed E-state index contributed by atoms with van der Waals surface area (Å²) in [4.78, 5) is 0. The lowest BCUT2D eigenvalue weighted by Crippen LogP contribution is -2.11. The van der Waals surface area contributed by atoms with Gasteiger partial charge < -0.3 is 9.47 Å². The molecule has 0 radical (unpaired) electrons. The third-order valence-corrected chi connectivity index (χ3v) is 1.06. The standard InChI is InChI=1S/C7H16O2/c1-4-9-6-7(2)5-8-3/h7H,4-6H2,1-3H3. The third kappa shape index (κ3) is 5.80. The van der Waals surface area contributed by atoms with Crippen LogP contribution >= 0.6 is 0 Å². The maximum Gasteiger partial charge on any atom is 0.0513 e. The molecule has 0 aromatic rings. The van der Waals surface area contributed by atoms with Gasteiger partial charge in [0, 0.05) is 19.6 Å². The van der Waals surface area contributed by atoms with Crippen molar-refractivity contribution in [3.63, 3.8) is 0 Å². The van der Waals surface area contributed by atoms with Gasteiger partial charge in [0.25, 0.3) is 0 Å². The fraction of sp³-hybridized carbons (Fsp3) is 1.00. The Bertz CT molecular complexity index is 54.9. The first-order valence-corrected chi connectivity index (χ1v) is 3.38. The monoisotopic (exact) mass is 132 g/mol. The van der Waals surface area contributed by atoms with E-state index in [-0.39, 0.29) is 0 Å². The van der Waals surface area contributed by atoms with Crippen LogP contribution in [0, 0.1) is 5.92 Å². The average Bonchev–Trinajstić information content (AvgIpc) is 1.85. The molecule has 0 aliphatic rings. The van der Waals surface area contributed by atoms with Gasteiger partial charge in [-0.3, -0.25) is 0 Å². The Morgan fingerprint density at radius 1 is 1.33 bits per heavy atom. The highest BCUT2D eigenvalue weighted by molar-refractivity contribution is 4.46. The highest BCUT2D eigenvalue weighted by Crippen LogP contribution is 1.94. The van der Waals surface area contributed by atoms with E-state index in [2.05, 4.69) is 6.92 Å². The second-order valence-corrected chi connectivity index (χ2v) is 2.22. The van der Waals surface area contributed by atoms with Crippen molar-refractivity contribution in [3.05, 3.63) is 0 Å². The molecule has 2 nitrogen and oxygen atoms in total. The minimum Gasteiger partial charge on any atom is -0.384 e. The SMILES string of the molecule is CCOCC(C)COC. The zero-order valence-electron chi connectivity index (χ0n) is 6.52. The number of hydrogen-bond donors (Lipinski definition) is 0. The normalized spacial score (nSPS) is 13.7. The van der Waals surface area contributed by atoms with E-state index in [1.807, 2.05) is 6.92 Å². The summed E-state index contributed by atoms with van der Waals surface area (Å²) in [6.45, 7) is 6.51. The van der Waals surface area contributed by atoms with E-state index < -0.39 is 0 Å².